The third-order valence-corrected chi connectivity index (χ3v) is 11.8. The van der Waals surface area contributed by atoms with Crippen LogP contribution in [0.3, 0.4) is 0 Å². The van der Waals surface area contributed by atoms with Gasteiger partial charge in [0.15, 0.2) is 0 Å². The van der Waals surface area contributed by atoms with E-state index in [0.717, 1.165) is 57.0 Å². The monoisotopic (exact) mass is 687 g/mol. The Balaban J connectivity index is 1.39. The van der Waals surface area contributed by atoms with Crippen molar-refractivity contribution in [2.75, 3.05) is 71.0 Å². The summed E-state index contributed by atoms with van der Waals surface area (Å²) in [6, 6.07) is 4.07. The van der Waals surface area contributed by atoms with Gasteiger partial charge in [0.25, 0.3) is 0 Å². The van der Waals surface area contributed by atoms with Crippen LogP contribution in [-0.2, 0) is 40.4 Å². The molecule has 46 heavy (non-hydrogen) atoms. The van der Waals surface area contributed by atoms with E-state index >= 15 is 0 Å². The number of halogens is 3. The molecule has 1 aromatic carbocycles. The molecule has 4 heterocycles. The Bertz CT molecular complexity index is 1450. The molecule has 2 saturated heterocycles. The minimum atomic E-state index is -4.52. The van der Waals surface area contributed by atoms with Gasteiger partial charge in [0.05, 0.1) is 43.4 Å². The summed E-state index contributed by atoms with van der Waals surface area (Å²) in [5.74, 6) is 1.13. The topological polar surface area (TPSA) is 91.1 Å². The maximum absolute atomic E-state index is 14.1. The third kappa shape index (κ3) is 8.86. The molecular formula is C32H48F3N5O4S2. The Kier molecular flexibility index (Phi) is 11.2. The minimum Gasteiger partial charge on any atom is -0.390 e. The second-order valence-electron chi connectivity index (χ2n) is 13.9. The van der Waals surface area contributed by atoms with Gasteiger partial charge in [-0.1, -0.05) is 26.8 Å². The van der Waals surface area contributed by atoms with E-state index in [4.69, 9.17) is 9.84 Å². The highest BCUT2D eigenvalue weighted by molar-refractivity contribution is 7.99. The van der Waals surface area contributed by atoms with Crippen molar-refractivity contribution in [3.63, 3.8) is 0 Å². The van der Waals surface area contributed by atoms with Crippen molar-refractivity contribution in [1.82, 2.24) is 23.9 Å². The van der Waals surface area contributed by atoms with Crippen molar-refractivity contribution in [3.05, 3.63) is 35.0 Å². The number of sulfonamides is 1. The Hall–Kier alpha value is -1.68. The summed E-state index contributed by atoms with van der Waals surface area (Å²) in [5.41, 5.74) is 2.03. The number of morpholine rings is 1. The molecule has 2 fully saturated rings. The first-order valence-corrected chi connectivity index (χ1v) is 19.0. The van der Waals surface area contributed by atoms with E-state index in [0.29, 0.717) is 61.2 Å². The van der Waals surface area contributed by atoms with E-state index in [-0.39, 0.29) is 29.9 Å². The summed E-state index contributed by atoms with van der Waals surface area (Å²) in [4.78, 5) is 4.59. The van der Waals surface area contributed by atoms with Crippen molar-refractivity contribution >= 4 is 21.8 Å². The summed E-state index contributed by atoms with van der Waals surface area (Å²) >= 11 is 1.17. The number of fused-ring (bicyclic) bond motifs is 1. The molecule has 0 spiro atoms. The van der Waals surface area contributed by atoms with Crippen LogP contribution in [0.5, 0.6) is 0 Å². The molecule has 0 radical (unpaired) electrons. The number of aromatic nitrogens is 2. The average Bonchev–Trinajstić information content (AvgIpc) is 3.34. The number of ether oxygens (including phenoxy) is 1. The van der Waals surface area contributed by atoms with Gasteiger partial charge in [-0.2, -0.15) is 22.6 Å². The van der Waals surface area contributed by atoms with Gasteiger partial charge in [0.2, 0.25) is 10.0 Å². The lowest BCUT2D eigenvalue weighted by Gasteiger charge is -2.39. The number of aliphatic hydroxyl groups is 1. The van der Waals surface area contributed by atoms with Crippen molar-refractivity contribution < 1.29 is 31.4 Å². The van der Waals surface area contributed by atoms with Gasteiger partial charge < -0.3 is 14.7 Å². The summed E-state index contributed by atoms with van der Waals surface area (Å²) < 4.78 is 75.7. The van der Waals surface area contributed by atoms with Crippen LogP contribution >= 0.6 is 11.8 Å². The summed E-state index contributed by atoms with van der Waals surface area (Å²) in [6.07, 6.45) is -1.48. The van der Waals surface area contributed by atoms with Crippen LogP contribution in [0.25, 0.3) is 11.3 Å². The van der Waals surface area contributed by atoms with Crippen LogP contribution in [-0.4, -0.2) is 115 Å². The van der Waals surface area contributed by atoms with Gasteiger partial charge in [0, 0.05) is 73.2 Å². The first-order chi connectivity index (χ1) is 21.6. The van der Waals surface area contributed by atoms with E-state index in [1.165, 1.54) is 28.2 Å². The van der Waals surface area contributed by atoms with Crippen molar-refractivity contribution in [1.29, 1.82) is 0 Å². The zero-order valence-electron chi connectivity index (χ0n) is 27.4. The Labute approximate surface area is 275 Å². The lowest BCUT2D eigenvalue weighted by Crippen LogP contribution is -2.42. The Morgan fingerprint density at radius 3 is 2.37 bits per heavy atom. The molecule has 0 saturated carbocycles. The van der Waals surface area contributed by atoms with E-state index in [9.17, 15) is 26.7 Å². The second-order valence-corrected chi connectivity index (χ2v) is 17.0. The number of aliphatic hydroxyl groups excluding tert-OH is 1. The van der Waals surface area contributed by atoms with Crippen molar-refractivity contribution in [2.45, 2.75) is 70.3 Å². The van der Waals surface area contributed by atoms with Crippen LogP contribution in [0.4, 0.5) is 13.2 Å². The van der Waals surface area contributed by atoms with E-state index < -0.39 is 27.9 Å². The highest BCUT2D eigenvalue weighted by atomic mass is 32.2. The lowest BCUT2D eigenvalue weighted by molar-refractivity contribution is -0.139. The molecule has 0 amide bonds. The first-order valence-electron chi connectivity index (χ1n) is 16.2. The zero-order chi connectivity index (χ0) is 33.3. The fraction of sp³-hybridized carbons (Fsp3) is 0.719. The maximum atomic E-state index is 14.1. The number of alkyl halides is 3. The molecule has 1 aromatic heterocycles. The molecule has 258 valence electrons. The number of β-amino-alcohol motifs (C(OH)–C–C–N with tert-alkyl or cyclic N) is 1. The molecule has 3 aliphatic heterocycles. The van der Waals surface area contributed by atoms with Crippen LogP contribution < -0.4 is 0 Å². The number of benzene rings is 1. The summed E-state index contributed by atoms with van der Waals surface area (Å²) in [6.45, 7) is 13.2. The number of hydrogen-bond donors (Lipinski definition) is 1. The Morgan fingerprint density at radius 2 is 1.74 bits per heavy atom. The molecule has 14 heteroatoms. The average molecular weight is 688 g/mol. The number of nitrogens with zero attached hydrogens (tertiary/aromatic N) is 5. The standard InChI is InChI=1S/C32H48F3N5O4S2/c1-31(2,3)24-7-10-38(11-8-24)20-25(41)21-40-28-9-12-39(46(4,42)43)22-26(28)30(36-40)23-5-6-27(32(33,34)35)29(19-23)45-18-15-37-13-16-44-17-14-37/h5-6,19,24-25,41H,7-18,20-22H2,1-4H3. The van der Waals surface area contributed by atoms with Gasteiger partial charge in [0.1, 0.15) is 0 Å². The van der Waals surface area contributed by atoms with E-state index in [2.05, 4.69) is 30.6 Å². The fourth-order valence-electron chi connectivity index (χ4n) is 6.80. The number of thioether (sulfide) groups is 1. The number of piperidine rings is 1. The molecule has 2 aromatic rings. The molecule has 0 aliphatic carbocycles. The second kappa shape index (κ2) is 14.4. The zero-order valence-corrected chi connectivity index (χ0v) is 29.0. The molecule has 3 aliphatic rings. The normalized spacial score (nSPS) is 20.6. The number of hydrogen-bond acceptors (Lipinski definition) is 8. The highest BCUT2D eigenvalue weighted by Crippen LogP contribution is 2.40. The molecule has 1 unspecified atom stereocenters. The molecule has 1 atom stereocenters. The fourth-order valence-corrected chi connectivity index (χ4v) is 8.71. The van der Waals surface area contributed by atoms with Gasteiger partial charge >= 0.3 is 6.18 Å². The smallest absolute Gasteiger partial charge is 0.390 e. The highest BCUT2D eigenvalue weighted by Gasteiger charge is 2.35. The van der Waals surface area contributed by atoms with Crippen LogP contribution in [0.1, 0.15) is 50.4 Å². The van der Waals surface area contributed by atoms with Crippen LogP contribution in [0, 0.1) is 11.3 Å². The molecule has 9 nitrogen and oxygen atoms in total. The summed E-state index contributed by atoms with van der Waals surface area (Å²) in [7, 11) is -3.50. The number of rotatable bonds is 10. The minimum absolute atomic E-state index is 0.0838. The first kappa shape index (κ1) is 35.6. The number of likely N-dealkylation sites (tertiary alicyclic amines) is 1. The van der Waals surface area contributed by atoms with Gasteiger partial charge in [-0.15, -0.1) is 11.8 Å². The quantitative estimate of drug-likeness (QED) is 0.367. The molecule has 5 rings (SSSR count). The third-order valence-electron chi connectivity index (χ3n) is 9.56. The van der Waals surface area contributed by atoms with Crippen LogP contribution in [0.15, 0.2) is 23.1 Å². The van der Waals surface area contributed by atoms with E-state index in [1.54, 1.807) is 4.68 Å². The molecule has 0 bridgehead atoms. The molecular weight excluding hydrogens is 640 g/mol. The van der Waals surface area contributed by atoms with E-state index in [1.807, 2.05) is 0 Å². The van der Waals surface area contributed by atoms with Gasteiger partial charge in [-0.05, 0) is 49.4 Å². The predicted octanol–water partition coefficient (Wildman–Crippen LogP) is 4.43. The SMILES string of the molecule is CC(C)(C)C1CCN(CC(O)Cn2nc(-c3ccc(C(F)(F)F)c(SCCN4CCOCC4)c3)c3c2CCN(S(C)(=O)=O)C3)CC1. The van der Waals surface area contributed by atoms with Crippen molar-refractivity contribution in [2.24, 2.45) is 11.3 Å². The lowest BCUT2D eigenvalue weighted by atomic mass is 9.75. The summed E-state index contributed by atoms with van der Waals surface area (Å²) in [5, 5.41) is 16.0. The maximum Gasteiger partial charge on any atom is 0.417 e. The predicted molar refractivity (Wildman–Crippen MR) is 174 cm³/mol. The van der Waals surface area contributed by atoms with Gasteiger partial charge in [-0.25, -0.2) is 8.42 Å². The Morgan fingerprint density at radius 1 is 1.04 bits per heavy atom. The van der Waals surface area contributed by atoms with Crippen molar-refractivity contribution in [3.8, 4) is 11.3 Å². The molecule has 1 N–H and O–H groups in total. The van der Waals surface area contributed by atoms with Crippen LogP contribution in [0.2, 0.25) is 0 Å². The largest absolute Gasteiger partial charge is 0.417 e. The van der Waals surface area contributed by atoms with Gasteiger partial charge in [-0.3, -0.25) is 9.58 Å².